The molecule has 0 saturated heterocycles. The Morgan fingerprint density at radius 3 is 3.23 bits per heavy atom. The zero-order valence-corrected chi connectivity index (χ0v) is 7.21. The van der Waals surface area contributed by atoms with Crippen LogP contribution in [0, 0.1) is 0 Å². The fourth-order valence-corrected chi connectivity index (χ4v) is 1.48. The van der Waals surface area contributed by atoms with E-state index in [4.69, 9.17) is 5.73 Å². The summed E-state index contributed by atoms with van der Waals surface area (Å²) in [7, 11) is 0. The number of hydrogen-bond donors (Lipinski definition) is 2. The van der Waals surface area contributed by atoms with Gasteiger partial charge >= 0.3 is 0 Å². The predicted octanol–water partition coefficient (Wildman–Crippen LogP) is -0.174. The van der Waals surface area contributed by atoms with Gasteiger partial charge in [0.1, 0.15) is 0 Å². The maximum Gasteiger partial charge on any atom is 0.250 e. The summed E-state index contributed by atoms with van der Waals surface area (Å²) in [6, 6.07) is 1.84. The summed E-state index contributed by atoms with van der Waals surface area (Å²) in [5.74, 6) is -0.408. The second-order valence-corrected chi connectivity index (χ2v) is 3.12. The summed E-state index contributed by atoms with van der Waals surface area (Å²) < 4.78 is 0. The monoisotopic (exact) mass is 177 g/mol. The van der Waals surface area contributed by atoms with E-state index in [2.05, 4.69) is 10.3 Å². The Labute approximate surface area is 76.2 Å². The van der Waals surface area contributed by atoms with Crippen molar-refractivity contribution in [3.8, 4) is 0 Å². The topological polar surface area (TPSA) is 68.0 Å². The number of nitrogens with zero attached hydrogens (tertiary/aromatic N) is 1. The van der Waals surface area contributed by atoms with Crippen LogP contribution in [0.25, 0.3) is 0 Å². The van der Waals surface area contributed by atoms with Crippen molar-refractivity contribution in [2.45, 2.75) is 13.0 Å². The lowest BCUT2D eigenvalue weighted by molar-refractivity contribution is 0.1000. The lowest BCUT2D eigenvalue weighted by Crippen LogP contribution is -2.25. The van der Waals surface area contributed by atoms with Gasteiger partial charge in [-0.1, -0.05) is 0 Å². The van der Waals surface area contributed by atoms with Gasteiger partial charge in [0.05, 0.1) is 11.3 Å². The highest BCUT2D eigenvalue weighted by atomic mass is 16.1. The van der Waals surface area contributed by atoms with Gasteiger partial charge in [-0.3, -0.25) is 9.78 Å². The normalized spacial score (nSPS) is 15.1. The second kappa shape index (κ2) is 3.14. The number of rotatable bonds is 1. The van der Waals surface area contributed by atoms with Crippen molar-refractivity contribution in [1.29, 1.82) is 0 Å². The van der Waals surface area contributed by atoms with E-state index in [9.17, 15) is 4.79 Å². The largest absolute Gasteiger partial charge is 0.366 e. The van der Waals surface area contributed by atoms with Gasteiger partial charge in [0.2, 0.25) is 5.91 Å². The third kappa shape index (κ3) is 1.53. The van der Waals surface area contributed by atoms with Gasteiger partial charge < -0.3 is 11.1 Å². The van der Waals surface area contributed by atoms with Gasteiger partial charge in [-0.05, 0) is 24.6 Å². The van der Waals surface area contributed by atoms with Crippen LogP contribution in [0.4, 0.5) is 0 Å². The van der Waals surface area contributed by atoms with Crippen LogP contribution in [-0.2, 0) is 13.0 Å². The van der Waals surface area contributed by atoms with Gasteiger partial charge in [0.25, 0.3) is 0 Å². The van der Waals surface area contributed by atoms with E-state index in [1.54, 1.807) is 0 Å². The van der Waals surface area contributed by atoms with Crippen LogP contribution >= 0.6 is 0 Å². The summed E-state index contributed by atoms with van der Waals surface area (Å²) >= 11 is 0. The summed E-state index contributed by atoms with van der Waals surface area (Å²) in [6.07, 6.45) is 2.46. The molecule has 1 aliphatic rings. The lowest BCUT2D eigenvalue weighted by atomic mass is 10.0. The van der Waals surface area contributed by atoms with Crippen LogP contribution in [0.3, 0.4) is 0 Å². The number of amides is 1. The van der Waals surface area contributed by atoms with Crippen molar-refractivity contribution in [2.24, 2.45) is 5.73 Å². The second-order valence-electron chi connectivity index (χ2n) is 3.12. The van der Waals surface area contributed by atoms with E-state index in [1.165, 1.54) is 6.20 Å². The van der Waals surface area contributed by atoms with Crippen LogP contribution in [0.2, 0.25) is 0 Å². The van der Waals surface area contributed by atoms with E-state index in [0.29, 0.717) is 5.56 Å². The summed E-state index contributed by atoms with van der Waals surface area (Å²) in [4.78, 5) is 15.0. The zero-order chi connectivity index (χ0) is 9.26. The van der Waals surface area contributed by atoms with Gasteiger partial charge in [0, 0.05) is 12.7 Å². The third-order valence-electron chi connectivity index (χ3n) is 2.21. The standard InChI is InChI=1S/C9H11N3O/c10-9(13)7-3-6-1-2-11-5-8(6)12-4-7/h3-4,11H,1-2,5H2,(H2,10,13). The van der Waals surface area contributed by atoms with Gasteiger partial charge in [-0.25, -0.2) is 0 Å². The number of nitrogens with two attached hydrogens (primary N) is 1. The van der Waals surface area contributed by atoms with E-state index in [0.717, 1.165) is 30.8 Å². The molecule has 1 aromatic heterocycles. The van der Waals surface area contributed by atoms with Crippen LogP contribution in [0.5, 0.6) is 0 Å². The minimum absolute atomic E-state index is 0.408. The number of carbonyl (C=O) groups is 1. The maximum absolute atomic E-state index is 10.9. The van der Waals surface area contributed by atoms with Crippen molar-refractivity contribution in [2.75, 3.05) is 6.54 Å². The molecule has 4 heteroatoms. The predicted molar refractivity (Wildman–Crippen MR) is 48.2 cm³/mol. The molecule has 0 spiro atoms. The smallest absolute Gasteiger partial charge is 0.250 e. The molecule has 1 aliphatic heterocycles. The summed E-state index contributed by atoms with van der Waals surface area (Å²) in [5.41, 5.74) is 7.81. The number of primary amides is 1. The SMILES string of the molecule is NC(=O)c1cnc2c(c1)CCNC2. The fourth-order valence-electron chi connectivity index (χ4n) is 1.48. The molecule has 2 heterocycles. The molecular weight excluding hydrogens is 166 g/mol. The Morgan fingerprint density at radius 2 is 2.46 bits per heavy atom. The highest BCUT2D eigenvalue weighted by Gasteiger charge is 2.11. The van der Waals surface area contributed by atoms with Crippen molar-refractivity contribution in [1.82, 2.24) is 10.3 Å². The third-order valence-corrected chi connectivity index (χ3v) is 2.21. The molecule has 3 N–H and O–H groups in total. The maximum atomic E-state index is 10.9. The van der Waals surface area contributed by atoms with E-state index in [-0.39, 0.29) is 0 Å². The molecule has 4 nitrogen and oxygen atoms in total. The molecule has 2 rings (SSSR count). The number of carbonyl (C=O) groups excluding carboxylic acids is 1. The molecule has 0 radical (unpaired) electrons. The first-order valence-electron chi connectivity index (χ1n) is 4.25. The Bertz CT molecular complexity index is 349. The molecular formula is C9H11N3O. The quantitative estimate of drug-likeness (QED) is 0.625. The Balaban J connectivity index is 2.40. The number of hydrogen-bond acceptors (Lipinski definition) is 3. The Hall–Kier alpha value is -1.42. The molecule has 0 atom stereocenters. The fraction of sp³-hybridized carbons (Fsp3) is 0.333. The van der Waals surface area contributed by atoms with Crippen molar-refractivity contribution in [3.05, 3.63) is 29.1 Å². The molecule has 1 amide bonds. The number of nitrogens with one attached hydrogen (secondary N) is 1. The summed E-state index contributed by atoms with van der Waals surface area (Å²) in [5, 5.41) is 3.21. The van der Waals surface area contributed by atoms with Gasteiger partial charge in [-0.15, -0.1) is 0 Å². The molecule has 68 valence electrons. The molecule has 0 fully saturated rings. The Morgan fingerprint density at radius 1 is 1.62 bits per heavy atom. The zero-order valence-electron chi connectivity index (χ0n) is 7.21. The molecule has 0 unspecified atom stereocenters. The van der Waals surface area contributed by atoms with Crippen LogP contribution in [0.15, 0.2) is 12.3 Å². The number of aromatic nitrogens is 1. The van der Waals surface area contributed by atoms with Crippen LogP contribution < -0.4 is 11.1 Å². The van der Waals surface area contributed by atoms with Crippen molar-refractivity contribution >= 4 is 5.91 Å². The average Bonchev–Trinajstić information content (AvgIpc) is 2.17. The van der Waals surface area contributed by atoms with Crippen LogP contribution in [-0.4, -0.2) is 17.4 Å². The first-order chi connectivity index (χ1) is 6.27. The van der Waals surface area contributed by atoms with E-state index < -0.39 is 5.91 Å². The number of fused-ring (bicyclic) bond motifs is 1. The first-order valence-corrected chi connectivity index (χ1v) is 4.25. The molecule has 0 saturated carbocycles. The summed E-state index contributed by atoms with van der Waals surface area (Å²) in [6.45, 7) is 1.73. The average molecular weight is 177 g/mol. The Kier molecular flexibility index (Phi) is 1.98. The van der Waals surface area contributed by atoms with E-state index in [1.807, 2.05) is 6.07 Å². The highest BCUT2D eigenvalue weighted by molar-refractivity contribution is 5.92. The van der Waals surface area contributed by atoms with Gasteiger partial charge in [0.15, 0.2) is 0 Å². The lowest BCUT2D eigenvalue weighted by Gasteiger charge is -2.15. The van der Waals surface area contributed by atoms with Crippen molar-refractivity contribution in [3.63, 3.8) is 0 Å². The minimum Gasteiger partial charge on any atom is -0.366 e. The number of pyridine rings is 1. The molecule has 0 bridgehead atoms. The van der Waals surface area contributed by atoms with E-state index >= 15 is 0 Å². The molecule has 1 aromatic rings. The van der Waals surface area contributed by atoms with Crippen molar-refractivity contribution < 1.29 is 4.79 Å². The van der Waals surface area contributed by atoms with Crippen LogP contribution in [0.1, 0.15) is 21.6 Å². The van der Waals surface area contributed by atoms with Gasteiger partial charge in [-0.2, -0.15) is 0 Å². The molecule has 0 aliphatic carbocycles. The first kappa shape index (κ1) is 8.19. The highest BCUT2D eigenvalue weighted by Crippen LogP contribution is 2.12. The minimum atomic E-state index is -0.408. The molecule has 0 aromatic carbocycles. The molecule has 13 heavy (non-hydrogen) atoms.